The van der Waals surface area contributed by atoms with Gasteiger partial charge in [-0.25, -0.2) is 0 Å². The van der Waals surface area contributed by atoms with Crippen LogP contribution in [0.15, 0.2) is 41.3 Å². The minimum atomic E-state index is -2.42. The number of fused-ring (bicyclic) bond motifs is 1. The summed E-state index contributed by atoms with van der Waals surface area (Å²) >= 11 is 0.532. The summed E-state index contributed by atoms with van der Waals surface area (Å²) in [4.78, 5) is 12.3. The van der Waals surface area contributed by atoms with Gasteiger partial charge in [-0.3, -0.25) is 4.79 Å². The van der Waals surface area contributed by atoms with E-state index in [0.29, 0.717) is 29.2 Å². The van der Waals surface area contributed by atoms with Gasteiger partial charge in [0.05, 0.1) is 13.0 Å². The Bertz CT molecular complexity index is 671. The fourth-order valence-electron chi connectivity index (χ4n) is 2.19. The lowest BCUT2D eigenvalue weighted by Crippen LogP contribution is -2.10. The summed E-state index contributed by atoms with van der Waals surface area (Å²) in [5.41, 5.74) is 0.862. The van der Waals surface area contributed by atoms with Crippen molar-refractivity contribution >= 4 is 28.5 Å². The van der Waals surface area contributed by atoms with Crippen LogP contribution in [0.5, 0.6) is 0 Å². The average molecular weight is 338 g/mol. The molecule has 5 heteroatoms. The molecule has 0 aliphatic heterocycles. The maximum Gasteiger partial charge on any atom is 0.310 e. The van der Waals surface area contributed by atoms with Crippen molar-refractivity contribution in [2.75, 3.05) is 6.61 Å². The highest BCUT2D eigenvalue weighted by atomic mass is 32.2. The van der Waals surface area contributed by atoms with Gasteiger partial charge in [0.1, 0.15) is 0 Å². The van der Waals surface area contributed by atoms with E-state index >= 15 is 0 Å². The predicted octanol–water partition coefficient (Wildman–Crippen LogP) is 5.29. The van der Waals surface area contributed by atoms with Crippen LogP contribution < -0.4 is 0 Å². The first-order valence-corrected chi connectivity index (χ1v) is 8.45. The number of benzene rings is 2. The molecule has 0 N–H and O–H groups in total. The zero-order valence-electron chi connectivity index (χ0n) is 13.2. The fourth-order valence-corrected chi connectivity index (χ4v) is 2.73. The molecular formula is C18H20F2O2S. The molecule has 0 radical (unpaired) electrons. The summed E-state index contributed by atoms with van der Waals surface area (Å²) < 4.78 is 30.0. The molecule has 2 nitrogen and oxygen atoms in total. The van der Waals surface area contributed by atoms with Gasteiger partial charge >= 0.3 is 5.97 Å². The average Bonchev–Trinajstić information content (AvgIpc) is 2.46. The van der Waals surface area contributed by atoms with Crippen molar-refractivity contribution in [3.63, 3.8) is 0 Å². The number of alkyl halides is 2. The first-order valence-electron chi connectivity index (χ1n) is 7.57. The first kappa shape index (κ1) is 17.7. The number of hydrogen-bond donors (Lipinski definition) is 0. The van der Waals surface area contributed by atoms with Gasteiger partial charge in [-0.2, -0.15) is 8.78 Å². The fraction of sp³-hybridized carbons (Fsp3) is 0.389. The Balaban J connectivity index is 2.01. The van der Waals surface area contributed by atoms with Crippen LogP contribution in [0.2, 0.25) is 0 Å². The van der Waals surface area contributed by atoms with E-state index in [9.17, 15) is 13.6 Å². The Morgan fingerprint density at radius 1 is 1.13 bits per heavy atom. The van der Waals surface area contributed by atoms with Crippen LogP contribution in [0.25, 0.3) is 10.8 Å². The molecule has 2 aromatic rings. The third-order valence-corrected chi connectivity index (χ3v) is 4.11. The van der Waals surface area contributed by atoms with E-state index in [-0.39, 0.29) is 12.4 Å². The molecule has 0 heterocycles. The summed E-state index contributed by atoms with van der Waals surface area (Å²) in [6.07, 6.45) is 1.08. The van der Waals surface area contributed by atoms with Crippen molar-refractivity contribution in [2.24, 2.45) is 5.92 Å². The monoisotopic (exact) mass is 338 g/mol. The zero-order valence-corrected chi connectivity index (χ0v) is 14.0. The minimum Gasteiger partial charge on any atom is -0.465 e. The molecule has 0 aliphatic carbocycles. The second kappa shape index (κ2) is 8.29. The Morgan fingerprint density at radius 2 is 1.83 bits per heavy atom. The van der Waals surface area contributed by atoms with Crippen LogP contribution in [0.3, 0.4) is 0 Å². The molecule has 2 rings (SSSR count). The highest BCUT2D eigenvalue weighted by Crippen LogP contribution is 2.28. The van der Waals surface area contributed by atoms with Crippen molar-refractivity contribution in [2.45, 2.75) is 37.3 Å². The third-order valence-electron chi connectivity index (χ3n) is 3.41. The highest BCUT2D eigenvalue weighted by molar-refractivity contribution is 7.99. The predicted molar refractivity (Wildman–Crippen MR) is 89.9 cm³/mol. The molecule has 0 aliphatic rings. The Morgan fingerprint density at radius 3 is 2.52 bits per heavy atom. The Kier molecular flexibility index (Phi) is 6.39. The molecule has 0 atom stereocenters. The maximum absolute atomic E-state index is 12.4. The van der Waals surface area contributed by atoms with Crippen LogP contribution in [-0.2, 0) is 16.0 Å². The molecule has 0 aromatic heterocycles. The number of esters is 1. The van der Waals surface area contributed by atoms with Gasteiger partial charge < -0.3 is 4.74 Å². The molecule has 0 spiro atoms. The maximum atomic E-state index is 12.4. The second-order valence-electron chi connectivity index (χ2n) is 5.80. The van der Waals surface area contributed by atoms with Gasteiger partial charge in [0.2, 0.25) is 0 Å². The van der Waals surface area contributed by atoms with Crippen LogP contribution in [0.1, 0.15) is 25.8 Å². The number of carbonyl (C=O) groups excluding carboxylic acids is 1. The summed E-state index contributed by atoms with van der Waals surface area (Å²) in [6.45, 7) is 4.60. The highest BCUT2D eigenvalue weighted by Gasteiger charge is 2.08. The molecule has 0 saturated heterocycles. The van der Waals surface area contributed by atoms with Gasteiger partial charge in [-0.05, 0) is 40.8 Å². The van der Waals surface area contributed by atoms with Gasteiger partial charge in [0.15, 0.2) is 0 Å². The van der Waals surface area contributed by atoms with Crippen molar-refractivity contribution < 1.29 is 18.3 Å². The molecule has 0 saturated carbocycles. The van der Waals surface area contributed by atoms with E-state index < -0.39 is 5.76 Å². The molecule has 124 valence electrons. The molecule has 0 amide bonds. The van der Waals surface area contributed by atoms with E-state index in [0.717, 1.165) is 22.8 Å². The van der Waals surface area contributed by atoms with Crippen LogP contribution in [0.4, 0.5) is 8.78 Å². The van der Waals surface area contributed by atoms with Crippen LogP contribution in [0, 0.1) is 5.92 Å². The largest absolute Gasteiger partial charge is 0.465 e. The Hall–Kier alpha value is -1.62. The number of halogens is 2. The van der Waals surface area contributed by atoms with E-state index in [2.05, 4.69) is 13.8 Å². The topological polar surface area (TPSA) is 26.3 Å². The number of thioether (sulfide) groups is 1. The minimum absolute atomic E-state index is 0.224. The second-order valence-corrected chi connectivity index (χ2v) is 6.87. The molecule has 0 bridgehead atoms. The number of carbonyl (C=O) groups is 1. The molecular weight excluding hydrogens is 318 g/mol. The van der Waals surface area contributed by atoms with Crippen molar-refractivity contribution in [3.8, 4) is 0 Å². The summed E-state index contributed by atoms with van der Waals surface area (Å²) in [5.74, 6) is -2.16. The first-order chi connectivity index (χ1) is 10.9. The van der Waals surface area contributed by atoms with Crippen molar-refractivity contribution in [3.05, 3.63) is 42.0 Å². The normalized spacial score (nSPS) is 11.4. The molecule has 2 aromatic carbocycles. The number of hydrogen-bond acceptors (Lipinski definition) is 3. The van der Waals surface area contributed by atoms with Gasteiger partial charge in [0, 0.05) is 4.90 Å². The van der Waals surface area contributed by atoms with E-state index in [1.807, 2.05) is 18.2 Å². The van der Waals surface area contributed by atoms with Crippen LogP contribution >= 0.6 is 11.8 Å². The summed E-state index contributed by atoms with van der Waals surface area (Å²) in [6, 6.07) is 10.8. The molecule has 23 heavy (non-hydrogen) atoms. The summed E-state index contributed by atoms with van der Waals surface area (Å²) in [7, 11) is 0. The number of rotatable bonds is 7. The lowest BCUT2D eigenvalue weighted by Gasteiger charge is -2.08. The smallest absolute Gasteiger partial charge is 0.310 e. The van der Waals surface area contributed by atoms with Gasteiger partial charge in [-0.1, -0.05) is 49.9 Å². The van der Waals surface area contributed by atoms with E-state index in [1.54, 1.807) is 18.2 Å². The number of ether oxygens (including phenoxy) is 1. The van der Waals surface area contributed by atoms with Crippen LogP contribution in [-0.4, -0.2) is 18.3 Å². The SMILES string of the molecule is CC(C)CCOC(=O)Cc1ccc2cc(SC(F)F)ccc2c1. The lowest BCUT2D eigenvalue weighted by molar-refractivity contribution is -0.143. The van der Waals surface area contributed by atoms with Gasteiger partial charge in [-0.15, -0.1) is 0 Å². The van der Waals surface area contributed by atoms with E-state index in [4.69, 9.17) is 4.74 Å². The molecule has 0 fully saturated rings. The quantitative estimate of drug-likeness (QED) is 0.507. The van der Waals surface area contributed by atoms with E-state index in [1.165, 1.54) is 0 Å². The lowest BCUT2D eigenvalue weighted by atomic mass is 10.1. The third kappa shape index (κ3) is 5.82. The summed E-state index contributed by atoms with van der Waals surface area (Å²) in [5, 5.41) is 1.81. The molecule has 0 unspecified atom stereocenters. The van der Waals surface area contributed by atoms with Crippen molar-refractivity contribution in [1.29, 1.82) is 0 Å². The standard InChI is InChI=1S/C18H20F2O2S/c1-12(2)7-8-22-17(21)10-13-3-4-15-11-16(23-18(19)20)6-5-14(15)9-13/h3-6,9,11-12,18H,7-8,10H2,1-2H3. The zero-order chi connectivity index (χ0) is 16.8. The van der Waals surface area contributed by atoms with Gasteiger partial charge in [0.25, 0.3) is 5.76 Å². The Labute approximate surface area is 139 Å². The van der Waals surface area contributed by atoms with Crippen molar-refractivity contribution in [1.82, 2.24) is 0 Å².